The van der Waals surface area contributed by atoms with Crippen LogP contribution in [0, 0.1) is 11.8 Å². The zero-order valence-electron chi connectivity index (χ0n) is 21.5. The lowest BCUT2D eigenvalue weighted by Gasteiger charge is -2.31. The fourth-order valence-electron chi connectivity index (χ4n) is 5.70. The summed E-state index contributed by atoms with van der Waals surface area (Å²) in [4.78, 5) is 53.4. The number of carbonyl (C=O) groups excluding carboxylic acids is 3. The molecule has 39 heavy (non-hydrogen) atoms. The van der Waals surface area contributed by atoms with Gasteiger partial charge in [-0.3, -0.25) is 24.5 Å². The van der Waals surface area contributed by atoms with Gasteiger partial charge in [0.15, 0.2) is 0 Å². The van der Waals surface area contributed by atoms with Crippen LogP contribution in [0.3, 0.4) is 0 Å². The molecule has 0 saturated carbocycles. The lowest BCUT2D eigenvalue weighted by Crippen LogP contribution is -2.57. The Morgan fingerprint density at radius 1 is 0.923 bits per heavy atom. The molecule has 2 heterocycles. The second-order valence-electron chi connectivity index (χ2n) is 9.94. The average molecular weight is 529 g/mol. The predicted molar refractivity (Wildman–Crippen MR) is 141 cm³/mol. The Morgan fingerprint density at radius 2 is 1.54 bits per heavy atom. The van der Waals surface area contributed by atoms with Crippen LogP contribution >= 0.6 is 0 Å². The highest BCUT2D eigenvalue weighted by atomic mass is 16.5. The number of nitrogens with zero attached hydrogens (tertiary/aromatic N) is 1. The normalized spacial score (nSPS) is 24.1. The monoisotopic (exact) mass is 528 g/mol. The first-order valence-electron chi connectivity index (χ1n) is 12.7. The molecule has 5 rings (SSSR count). The van der Waals surface area contributed by atoms with Crippen molar-refractivity contribution in [1.29, 1.82) is 0 Å². The van der Waals surface area contributed by atoms with Crippen LogP contribution in [0.2, 0.25) is 0 Å². The topological polar surface area (TPSA) is 133 Å². The van der Waals surface area contributed by atoms with Crippen LogP contribution in [-0.2, 0) is 32.0 Å². The van der Waals surface area contributed by atoms with Crippen LogP contribution in [0.1, 0.15) is 36.6 Å². The van der Waals surface area contributed by atoms with Crippen LogP contribution in [0.5, 0.6) is 11.5 Å². The number of carboxylic acid groups (broad SMARTS) is 1. The predicted octanol–water partition coefficient (Wildman–Crippen LogP) is 3.40. The standard InChI is InChI=1S/C30H28N2O7/c1-3-18-4-10-21(11-5-18)32-27(35)24-25(28(32)36)30(29(37)38,16-19-6-12-22(34)13-7-19)31-26(24)20-8-14-23(15-9-20)39-17(2)33/h4-15,24-26,31,34H,3,16H2,1-2H3,(H,37,38). The molecule has 9 heteroatoms. The van der Waals surface area contributed by atoms with Gasteiger partial charge in [0, 0.05) is 19.4 Å². The van der Waals surface area contributed by atoms with Gasteiger partial charge < -0.3 is 14.9 Å². The van der Waals surface area contributed by atoms with Gasteiger partial charge in [0.25, 0.3) is 0 Å². The minimum Gasteiger partial charge on any atom is -0.508 e. The maximum atomic E-state index is 14.0. The van der Waals surface area contributed by atoms with Crippen molar-refractivity contribution in [2.24, 2.45) is 11.8 Å². The summed E-state index contributed by atoms with van der Waals surface area (Å²) in [5.74, 6) is -4.65. The van der Waals surface area contributed by atoms with Crippen molar-refractivity contribution in [2.45, 2.75) is 38.3 Å². The number of phenols is 1. The van der Waals surface area contributed by atoms with Gasteiger partial charge in [0.05, 0.1) is 17.5 Å². The van der Waals surface area contributed by atoms with Crippen LogP contribution in [0.4, 0.5) is 5.69 Å². The number of carboxylic acids is 1. The maximum Gasteiger partial charge on any atom is 0.325 e. The minimum atomic E-state index is -1.80. The second kappa shape index (κ2) is 9.99. The first kappa shape index (κ1) is 26.1. The van der Waals surface area contributed by atoms with Gasteiger partial charge in [-0.2, -0.15) is 0 Å². The van der Waals surface area contributed by atoms with E-state index in [1.807, 2.05) is 19.1 Å². The van der Waals surface area contributed by atoms with E-state index in [0.29, 0.717) is 22.6 Å². The van der Waals surface area contributed by atoms with E-state index >= 15 is 0 Å². The number of nitrogens with one attached hydrogen (secondary N) is 1. The van der Waals surface area contributed by atoms with E-state index in [-0.39, 0.29) is 12.2 Å². The number of carbonyl (C=O) groups is 4. The minimum absolute atomic E-state index is 0.0277. The van der Waals surface area contributed by atoms with Crippen LogP contribution in [0.25, 0.3) is 0 Å². The third-order valence-electron chi connectivity index (χ3n) is 7.56. The summed E-state index contributed by atoms with van der Waals surface area (Å²) in [6.45, 7) is 3.28. The Morgan fingerprint density at radius 3 is 2.10 bits per heavy atom. The highest BCUT2D eigenvalue weighted by Gasteiger charge is 2.68. The summed E-state index contributed by atoms with van der Waals surface area (Å²) in [6, 6.07) is 18.8. The number of ether oxygens (including phenoxy) is 1. The molecular weight excluding hydrogens is 500 g/mol. The quantitative estimate of drug-likeness (QED) is 0.241. The number of fused-ring (bicyclic) bond motifs is 1. The third-order valence-corrected chi connectivity index (χ3v) is 7.56. The van der Waals surface area contributed by atoms with Gasteiger partial charge in [-0.05, 0) is 59.5 Å². The molecule has 0 aromatic heterocycles. The SMILES string of the molecule is CCc1ccc(N2C(=O)C3C(c4ccc(OC(C)=O)cc4)NC(Cc4ccc(O)cc4)(C(=O)O)C3C2=O)cc1. The van der Waals surface area contributed by atoms with Crippen molar-refractivity contribution >= 4 is 29.4 Å². The molecule has 2 aliphatic heterocycles. The number of esters is 1. The molecule has 0 aliphatic carbocycles. The maximum absolute atomic E-state index is 14.0. The van der Waals surface area contributed by atoms with E-state index in [1.54, 1.807) is 48.5 Å². The Bertz CT molecular complexity index is 1430. The lowest BCUT2D eigenvalue weighted by molar-refractivity contribution is -0.148. The first-order chi connectivity index (χ1) is 18.6. The molecule has 3 aromatic rings. The summed E-state index contributed by atoms with van der Waals surface area (Å²) in [7, 11) is 0. The van der Waals surface area contributed by atoms with E-state index in [1.165, 1.54) is 19.1 Å². The van der Waals surface area contributed by atoms with Gasteiger partial charge in [-0.15, -0.1) is 0 Å². The molecule has 2 amide bonds. The van der Waals surface area contributed by atoms with Crippen molar-refractivity contribution < 1.29 is 34.1 Å². The zero-order valence-corrected chi connectivity index (χ0v) is 21.5. The summed E-state index contributed by atoms with van der Waals surface area (Å²) in [6.07, 6.45) is 0.699. The smallest absolute Gasteiger partial charge is 0.325 e. The Kier molecular flexibility index (Phi) is 6.69. The molecule has 2 fully saturated rings. The largest absolute Gasteiger partial charge is 0.508 e. The van der Waals surface area contributed by atoms with Gasteiger partial charge in [-0.25, -0.2) is 4.90 Å². The third kappa shape index (κ3) is 4.55. The number of aromatic hydroxyl groups is 1. The molecule has 0 radical (unpaired) electrons. The number of phenolic OH excluding ortho intramolecular Hbond substituents is 1. The Labute approximate surface area is 225 Å². The molecule has 2 saturated heterocycles. The molecule has 2 aliphatic rings. The molecule has 9 nitrogen and oxygen atoms in total. The summed E-state index contributed by atoms with van der Waals surface area (Å²) < 4.78 is 5.12. The van der Waals surface area contributed by atoms with Gasteiger partial charge in [-0.1, -0.05) is 43.3 Å². The highest BCUT2D eigenvalue weighted by Crippen LogP contribution is 2.51. The van der Waals surface area contributed by atoms with E-state index in [0.717, 1.165) is 16.9 Å². The molecule has 4 atom stereocenters. The summed E-state index contributed by atoms with van der Waals surface area (Å²) >= 11 is 0. The zero-order chi connectivity index (χ0) is 27.9. The number of rotatable bonds is 7. The lowest BCUT2D eigenvalue weighted by atomic mass is 9.76. The first-order valence-corrected chi connectivity index (χ1v) is 12.7. The molecular formula is C30H28N2O7. The molecule has 0 bridgehead atoms. The average Bonchev–Trinajstić information content (AvgIpc) is 3.39. The number of benzene rings is 3. The van der Waals surface area contributed by atoms with Crippen molar-refractivity contribution in [2.75, 3.05) is 4.90 Å². The van der Waals surface area contributed by atoms with E-state index in [2.05, 4.69) is 5.32 Å². The number of hydrogen-bond donors (Lipinski definition) is 3. The number of aliphatic carboxylic acids is 1. The number of aryl methyl sites for hydroxylation is 1. The molecule has 0 spiro atoms. The van der Waals surface area contributed by atoms with Crippen LogP contribution < -0.4 is 15.0 Å². The number of anilines is 1. The van der Waals surface area contributed by atoms with Gasteiger partial charge in [0.2, 0.25) is 11.8 Å². The molecule has 3 N–H and O–H groups in total. The van der Waals surface area contributed by atoms with Crippen molar-refractivity contribution in [3.8, 4) is 11.5 Å². The fourth-order valence-corrected chi connectivity index (χ4v) is 5.70. The highest BCUT2D eigenvalue weighted by molar-refractivity contribution is 6.24. The molecule has 3 aromatic carbocycles. The van der Waals surface area contributed by atoms with Crippen molar-refractivity contribution in [3.63, 3.8) is 0 Å². The fraction of sp³-hybridized carbons (Fsp3) is 0.267. The number of amides is 2. The second-order valence-corrected chi connectivity index (χ2v) is 9.94. The van der Waals surface area contributed by atoms with Crippen molar-refractivity contribution in [3.05, 3.63) is 89.5 Å². The van der Waals surface area contributed by atoms with Gasteiger partial charge >= 0.3 is 11.9 Å². The summed E-state index contributed by atoms with van der Waals surface area (Å²) in [5, 5.41) is 23.5. The van der Waals surface area contributed by atoms with E-state index in [4.69, 9.17) is 4.74 Å². The molecule has 4 unspecified atom stereocenters. The Hall–Kier alpha value is -4.50. The van der Waals surface area contributed by atoms with Crippen LogP contribution in [0.15, 0.2) is 72.8 Å². The number of hydrogen-bond acceptors (Lipinski definition) is 7. The number of imide groups is 1. The van der Waals surface area contributed by atoms with Crippen LogP contribution in [-0.4, -0.2) is 39.5 Å². The Balaban J connectivity index is 1.60. The van der Waals surface area contributed by atoms with E-state index < -0.39 is 47.2 Å². The van der Waals surface area contributed by atoms with Crippen molar-refractivity contribution in [1.82, 2.24) is 5.32 Å². The van der Waals surface area contributed by atoms with E-state index in [9.17, 15) is 29.4 Å². The van der Waals surface area contributed by atoms with Gasteiger partial charge in [0.1, 0.15) is 17.0 Å². The molecule has 200 valence electrons. The summed E-state index contributed by atoms with van der Waals surface area (Å²) in [5.41, 5.74) is 0.797.